The molecule has 0 heterocycles. The smallest absolute Gasteiger partial charge is 0.316 e. The van der Waals surface area contributed by atoms with Crippen LogP contribution in [0.2, 0.25) is 0 Å². The van der Waals surface area contributed by atoms with Gasteiger partial charge in [0.1, 0.15) is 6.04 Å². The van der Waals surface area contributed by atoms with Crippen molar-refractivity contribution < 1.29 is 13.2 Å². The van der Waals surface area contributed by atoms with Gasteiger partial charge >= 0.3 is 6.18 Å². The first-order chi connectivity index (χ1) is 6.34. The van der Waals surface area contributed by atoms with Crippen LogP contribution < -0.4 is 5.73 Å². The lowest BCUT2D eigenvalue weighted by Gasteiger charge is -2.18. The van der Waals surface area contributed by atoms with Crippen molar-refractivity contribution in [2.75, 3.05) is 0 Å². The SMILES string of the molecule is Cc1cccc([C@@H](N)C(F)(F)F)c1Br. The molecule has 1 aromatic carbocycles. The van der Waals surface area contributed by atoms with Crippen LogP contribution >= 0.6 is 15.9 Å². The van der Waals surface area contributed by atoms with Gasteiger partial charge in [0.2, 0.25) is 0 Å². The molecule has 2 N–H and O–H groups in total. The monoisotopic (exact) mass is 267 g/mol. The minimum absolute atomic E-state index is 0.0671. The van der Waals surface area contributed by atoms with Gasteiger partial charge in [-0.05, 0) is 18.1 Å². The summed E-state index contributed by atoms with van der Waals surface area (Å²) in [4.78, 5) is 0. The molecular formula is C9H9BrF3N. The third-order valence-electron chi connectivity index (χ3n) is 1.91. The molecule has 0 aromatic heterocycles. The Morgan fingerprint density at radius 2 is 1.93 bits per heavy atom. The second kappa shape index (κ2) is 3.90. The van der Waals surface area contributed by atoms with Crippen LogP contribution in [0.5, 0.6) is 0 Å². The Bertz CT molecular complexity index is 335. The Morgan fingerprint density at radius 3 is 2.43 bits per heavy atom. The van der Waals surface area contributed by atoms with Crippen molar-refractivity contribution in [3.63, 3.8) is 0 Å². The molecule has 0 amide bonds. The van der Waals surface area contributed by atoms with Crippen molar-refractivity contribution in [1.29, 1.82) is 0 Å². The summed E-state index contributed by atoms with van der Waals surface area (Å²) >= 11 is 3.09. The third-order valence-corrected chi connectivity index (χ3v) is 2.99. The molecule has 0 unspecified atom stereocenters. The Morgan fingerprint density at radius 1 is 1.36 bits per heavy atom. The van der Waals surface area contributed by atoms with E-state index in [4.69, 9.17) is 5.73 Å². The second-order valence-corrected chi connectivity index (χ2v) is 3.79. The first-order valence-electron chi connectivity index (χ1n) is 3.91. The number of rotatable bonds is 1. The van der Waals surface area contributed by atoms with Crippen LogP contribution in [-0.4, -0.2) is 6.18 Å². The molecule has 1 nitrogen and oxygen atoms in total. The molecule has 0 radical (unpaired) electrons. The molecule has 0 aliphatic carbocycles. The fraction of sp³-hybridized carbons (Fsp3) is 0.333. The van der Waals surface area contributed by atoms with Crippen molar-refractivity contribution in [2.45, 2.75) is 19.1 Å². The van der Waals surface area contributed by atoms with Crippen molar-refractivity contribution in [3.8, 4) is 0 Å². The van der Waals surface area contributed by atoms with Gasteiger partial charge in [-0.2, -0.15) is 13.2 Å². The van der Waals surface area contributed by atoms with E-state index in [9.17, 15) is 13.2 Å². The van der Waals surface area contributed by atoms with Gasteiger partial charge in [0.15, 0.2) is 0 Å². The summed E-state index contributed by atoms with van der Waals surface area (Å²) in [6.45, 7) is 1.72. The van der Waals surface area contributed by atoms with E-state index in [1.807, 2.05) is 0 Å². The van der Waals surface area contributed by atoms with Crippen LogP contribution in [0.25, 0.3) is 0 Å². The number of nitrogens with two attached hydrogens (primary N) is 1. The molecule has 0 aliphatic heterocycles. The summed E-state index contributed by atoms with van der Waals surface area (Å²) in [5.41, 5.74) is 5.89. The van der Waals surface area contributed by atoms with Crippen LogP contribution in [0.4, 0.5) is 13.2 Å². The Hall–Kier alpha value is -0.550. The molecule has 78 valence electrons. The normalized spacial score (nSPS) is 14.1. The highest BCUT2D eigenvalue weighted by atomic mass is 79.9. The number of hydrogen-bond donors (Lipinski definition) is 1. The maximum absolute atomic E-state index is 12.3. The molecule has 0 bridgehead atoms. The van der Waals surface area contributed by atoms with Crippen molar-refractivity contribution >= 4 is 15.9 Å². The average molecular weight is 268 g/mol. The Kier molecular flexibility index (Phi) is 3.21. The molecule has 0 aliphatic rings. The van der Waals surface area contributed by atoms with Gasteiger partial charge in [-0.15, -0.1) is 0 Å². The van der Waals surface area contributed by atoms with Gasteiger partial charge in [-0.1, -0.05) is 34.1 Å². The lowest BCUT2D eigenvalue weighted by atomic mass is 10.1. The number of hydrogen-bond acceptors (Lipinski definition) is 1. The lowest BCUT2D eigenvalue weighted by Crippen LogP contribution is -2.28. The van der Waals surface area contributed by atoms with Gasteiger partial charge in [-0.3, -0.25) is 0 Å². The van der Waals surface area contributed by atoms with E-state index in [1.54, 1.807) is 19.1 Å². The van der Waals surface area contributed by atoms with Gasteiger partial charge in [0, 0.05) is 4.47 Å². The van der Waals surface area contributed by atoms with Crippen LogP contribution in [0.1, 0.15) is 17.2 Å². The van der Waals surface area contributed by atoms with Crippen molar-refractivity contribution in [1.82, 2.24) is 0 Å². The fourth-order valence-corrected chi connectivity index (χ4v) is 1.60. The maximum atomic E-state index is 12.3. The number of halogens is 4. The van der Waals surface area contributed by atoms with E-state index in [-0.39, 0.29) is 5.56 Å². The predicted molar refractivity (Wildman–Crippen MR) is 51.9 cm³/mol. The summed E-state index contributed by atoms with van der Waals surface area (Å²) in [7, 11) is 0. The quantitative estimate of drug-likeness (QED) is 0.830. The highest BCUT2D eigenvalue weighted by Gasteiger charge is 2.38. The van der Waals surface area contributed by atoms with Crippen LogP contribution in [0.15, 0.2) is 22.7 Å². The molecule has 14 heavy (non-hydrogen) atoms. The van der Waals surface area contributed by atoms with Crippen LogP contribution in [0.3, 0.4) is 0 Å². The molecule has 1 aromatic rings. The first kappa shape index (κ1) is 11.5. The summed E-state index contributed by atoms with van der Waals surface area (Å²) in [6.07, 6.45) is -4.41. The number of benzene rings is 1. The molecule has 1 atom stereocenters. The van der Waals surface area contributed by atoms with E-state index in [0.717, 1.165) is 5.56 Å². The Labute approximate surface area is 88.2 Å². The van der Waals surface area contributed by atoms with Crippen molar-refractivity contribution in [3.05, 3.63) is 33.8 Å². The van der Waals surface area contributed by atoms with Gasteiger partial charge in [-0.25, -0.2) is 0 Å². The topological polar surface area (TPSA) is 26.0 Å². The van der Waals surface area contributed by atoms with Crippen LogP contribution in [0, 0.1) is 6.92 Å². The Balaban J connectivity index is 3.14. The van der Waals surface area contributed by atoms with E-state index in [1.165, 1.54) is 6.07 Å². The molecule has 1 rings (SSSR count). The zero-order valence-electron chi connectivity index (χ0n) is 7.40. The number of aryl methyl sites for hydroxylation is 1. The maximum Gasteiger partial charge on any atom is 0.407 e. The van der Waals surface area contributed by atoms with E-state index < -0.39 is 12.2 Å². The average Bonchev–Trinajstić information content (AvgIpc) is 2.07. The minimum Gasteiger partial charge on any atom is -0.316 e. The van der Waals surface area contributed by atoms with Gasteiger partial charge < -0.3 is 5.73 Å². The second-order valence-electron chi connectivity index (χ2n) is 3.00. The number of alkyl halides is 3. The standard InChI is InChI=1S/C9H9BrF3N/c1-5-3-2-4-6(7(5)10)8(14)9(11,12)13/h2-4,8H,14H2,1H3/t8-/m1/s1. The van der Waals surface area contributed by atoms with Gasteiger partial charge in [0.25, 0.3) is 0 Å². The van der Waals surface area contributed by atoms with E-state index >= 15 is 0 Å². The third kappa shape index (κ3) is 2.27. The van der Waals surface area contributed by atoms with Crippen LogP contribution in [-0.2, 0) is 0 Å². The summed E-state index contributed by atoms with van der Waals surface area (Å²) in [6, 6.07) is 2.71. The lowest BCUT2D eigenvalue weighted by molar-refractivity contribution is -0.149. The van der Waals surface area contributed by atoms with Crippen molar-refractivity contribution in [2.24, 2.45) is 5.73 Å². The summed E-state index contributed by atoms with van der Waals surface area (Å²) < 4.78 is 37.3. The molecule has 0 fully saturated rings. The summed E-state index contributed by atoms with van der Waals surface area (Å²) in [5, 5.41) is 0. The molecule has 0 saturated carbocycles. The summed E-state index contributed by atoms with van der Waals surface area (Å²) in [5.74, 6) is 0. The molecular weight excluding hydrogens is 259 g/mol. The van der Waals surface area contributed by atoms with E-state index in [2.05, 4.69) is 15.9 Å². The zero-order valence-corrected chi connectivity index (χ0v) is 8.98. The first-order valence-corrected chi connectivity index (χ1v) is 4.70. The van der Waals surface area contributed by atoms with E-state index in [0.29, 0.717) is 4.47 Å². The van der Waals surface area contributed by atoms with Gasteiger partial charge in [0.05, 0.1) is 0 Å². The zero-order chi connectivity index (χ0) is 10.9. The minimum atomic E-state index is -4.41. The highest BCUT2D eigenvalue weighted by Crippen LogP contribution is 2.35. The highest BCUT2D eigenvalue weighted by molar-refractivity contribution is 9.10. The molecule has 0 saturated heterocycles. The predicted octanol–water partition coefficient (Wildman–Crippen LogP) is 3.32. The fourth-order valence-electron chi connectivity index (χ4n) is 1.09. The molecule has 5 heteroatoms. The molecule has 0 spiro atoms. The largest absolute Gasteiger partial charge is 0.407 e.